The van der Waals surface area contributed by atoms with Crippen molar-refractivity contribution in [2.45, 2.75) is 24.8 Å². The van der Waals surface area contributed by atoms with Crippen molar-refractivity contribution in [3.8, 4) is 0 Å². The molecule has 0 aliphatic heterocycles. The number of sulfonamides is 1. The predicted octanol–water partition coefficient (Wildman–Crippen LogP) is 0.336. The van der Waals surface area contributed by atoms with E-state index in [0.717, 1.165) is 6.07 Å². The summed E-state index contributed by atoms with van der Waals surface area (Å²) in [5.41, 5.74) is 0.969. The second kappa shape index (κ2) is 8.04. The van der Waals surface area contributed by atoms with Crippen LogP contribution in [0.25, 0.3) is 0 Å². The number of nitrogens with two attached hydrogens (primary N) is 1. The van der Waals surface area contributed by atoms with Gasteiger partial charge in [-0.2, -0.15) is 0 Å². The molecule has 1 atom stereocenters. The number of ether oxygens (including phenoxy) is 1. The molecule has 0 bridgehead atoms. The molecular weight excluding hydrogens is 336 g/mol. The van der Waals surface area contributed by atoms with E-state index in [0.29, 0.717) is 11.1 Å². The highest BCUT2D eigenvalue weighted by molar-refractivity contribution is 7.89. The summed E-state index contributed by atoms with van der Waals surface area (Å²) in [6.45, 7) is 6.52. The van der Waals surface area contributed by atoms with Crippen molar-refractivity contribution in [2.24, 2.45) is 5.14 Å². The lowest BCUT2D eigenvalue weighted by Crippen LogP contribution is -2.44. The van der Waals surface area contributed by atoms with E-state index < -0.39 is 27.9 Å². The molecule has 132 valence electrons. The molecular formula is C15H20N2O6S. The third kappa shape index (κ3) is 5.15. The van der Waals surface area contributed by atoms with E-state index in [9.17, 15) is 18.0 Å². The molecule has 0 saturated heterocycles. The van der Waals surface area contributed by atoms with Crippen molar-refractivity contribution < 1.29 is 27.9 Å². The number of aryl methyl sites for hydroxylation is 1. The molecule has 0 aliphatic carbocycles. The smallest absolute Gasteiger partial charge is 0.328 e. The summed E-state index contributed by atoms with van der Waals surface area (Å²) in [6.07, 6.45) is 1.45. The van der Waals surface area contributed by atoms with Gasteiger partial charge in [-0.3, -0.25) is 4.79 Å². The van der Waals surface area contributed by atoms with Gasteiger partial charge in [-0.05, 0) is 37.1 Å². The number of hydrogen-bond donors (Lipinski definition) is 3. The summed E-state index contributed by atoms with van der Waals surface area (Å²) < 4.78 is 28.3. The molecule has 1 amide bonds. The van der Waals surface area contributed by atoms with Crippen LogP contribution >= 0.6 is 0 Å². The van der Waals surface area contributed by atoms with Crippen molar-refractivity contribution in [3.05, 3.63) is 41.5 Å². The number of benzene rings is 1. The number of amides is 1. The Balaban J connectivity index is 3.08. The second-order valence-electron chi connectivity index (χ2n) is 5.15. The number of carbonyl (C=O) groups is 2. The van der Waals surface area contributed by atoms with E-state index in [1.54, 1.807) is 13.8 Å². The monoisotopic (exact) mass is 356 g/mol. The highest BCUT2D eigenvalue weighted by atomic mass is 32.2. The highest BCUT2D eigenvalue weighted by Gasteiger charge is 2.23. The largest absolute Gasteiger partial charge is 0.480 e. The first kappa shape index (κ1) is 19.8. The van der Waals surface area contributed by atoms with E-state index in [-0.39, 0.29) is 23.7 Å². The summed E-state index contributed by atoms with van der Waals surface area (Å²) in [5.74, 6) is -2.01. The lowest BCUT2D eigenvalue weighted by atomic mass is 10.1. The normalized spacial score (nSPS) is 12.5. The topological polar surface area (TPSA) is 136 Å². The lowest BCUT2D eigenvalue weighted by Gasteiger charge is -2.16. The van der Waals surface area contributed by atoms with Crippen LogP contribution in [0.3, 0.4) is 0 Å². The average Bonchev–Trinajstić information content (AvgIpc) is 2.47. The summed E-state index contributed by atoms with van der Waals surface area (Å²) in [5, 5.41) is 16.5. The first-order valence-corrected chi connectivity index (χ1v) is 8.49. The van der Waals surface area contributed by atoms with Crippen LogP contribution in [0.5, 0.6) is 0 Å². The summed E-state index contributed by atoms with van der Waals surface area (Å²) in [6, 6.07) is 1.30. The Kier molecular flexibility index (Phi) is 6.64. The molecule has 0 fully saturated rings. The second-order valence-corrected chi connectivity index (χ2v) is 6.68. The Labute approximate surface area is 140 Å². The minimum atomic E-state index is -4.01. The van der Waals surface area contributed by atoms with Crippen LogP contribution in [-0.4, -0.2) is 44.7 Å². The molecule has 0 radical (unpaired) electrons. The zero-order chi connectivity index (χ0) is 18.5. The Morgan fingerprint density at radius 3 is 2.54 bits per heavy atom. The molecule has 0 spiro atoms. The van der Waals surface area contributed by atoms with Gasteiger partial charge in [0.05, 0.1) is 18.1 Å². The molecule has 0 saturated carbocycles. The van der Waals surface area contributed by atoms with Gasteiger partial charge in [0.25, 0.3) is 5.91 Å². The molecule has 4 N–H and O–H groups in total. The van der Waals surface area contributed by atoms with E-state index in [2.05, 4.69) is 11.9 Å². The minimum Gasteiger partial charge on any atom is -0.480 e. The van der Waals surface area contributed by atoms with Gasteiger partial charge in [-0.15, -0.1) is 6.58 Å². The van der Waals surface area contributed by atoms with E-state index in [4.69, 9.17) is 15.0 Å². The number of rotatable bonds is 8. The van der Waals surface area contributed by atoms with Crippen LogP contribution in [0.1, 0.15) is 21.5 Å². The first-order chi connectivity index (χ1) is 11.1. The number of aliphatic carboxylic acids is 1. The van der Waals surface area contributed by atoms with Crippen molar-refractivity contribution in [3.63, 3.8) is 0 Å². The van der Waals surface area contributed by atoms with Gasteiger partial charge in [-0.1, -0.05) is 6.08 Å². The third-order valence-electron chi connectivity index (χ3n) is 3.31. The van der Waals surface area contributed by atoms with Crippen LogP contribution in [0.15, 0.2) is 29.7 Å². The number of nitrogens with one attached hydrogen (secondary N) is 1. The first-order valence-electron chi connectivity index (χ1n) is 6.94. The Morgan fingerprint density at radius 1 is 1.42 bits per heavy atom. The highest BCUT2D eigenvalue weighted by Crippen LogP contribution is 2.20. The molecule has 1 aromatic carbocycles. The molecule has 1 aromatic rings. The Hall–Kier alpha value is -2.23. The summed E-state index contributed by atoms with van der Waals surface area (Å²) in [7, 11) is -4.01. The summed E-state index contributed by atoms with van der Waals surface area (Å²) >= 11 is 0. The molecule has 0 aliphatic rings. The van der Waals surface area contributed by atoms with Crippen molar-refractivity contribution in [1.29, 1.82) is 0 Å². The number of carbonyl (C=O) groups excluding carboxylic acids is 1. The van der Waals surface area contributed by atoms with Crippen LogP contribution in [0.4, 0.5) is 0 Å². The Bertz CT molecular complexity index is 757. The van der Waals surface area contributed by atoms with Crippen molar-refractivity contribution in [2.75, 3.05) is 13.2 Å². The molecule has 24 heavy (non-hydrogen) atoms. The molecule has 0 heterocycles. The van der Waals surface area contributed by atoms with Crippen LogP contribution < -0.4 is 10.5 Å². The quantitative estimate of drug-likeness (QED) is 0.454. The van der Waals surface area contributed by atoms with Crippen LogP contribution in [-0.2, 0) is 19.6 Å². The van der Waals surface area contributed by atoms with Gasteiger partial charge in [0.2, 0.25) is 10.0 Å². The van der Waals surface area contributed by atoms with E-state index >= 15 is 0 Å². The fourth-order valence-electron chi connectivity index (χ4n) is 1.94. The number of carboxylic acids is 1. The lowest BCUT2D eigenvalue weighted by molar-refractivity contribution is -0.140. The van der Waals surface area contributed by atoms with Crippen LogP contribution in [0.2, 0.25) is 0 Å². The number of primary sulfonamides is 1. The van der Waals surface area contributed by atoms with Gasteiger partial charge in [0, 0.05) is 5.56 Å². The van der Waals surface area contributed by atoms with Gasteiger partial charge < -0.3 is 15.2 Å². The fourth-order valence-corrected chi connectivity index (χ4v) is 2.82. The maximum Gasteiger partial charge on any atom is 0.328 e. The van der Waals surface area contributed by atoms with Gasteiger partial charge in [0.1, 0.15) is 0 Å². The molecule has 1 rings (SSSR count). The maximum atomic E-state index is 12.2. The number of hydrogen-bond acceptors (Lipinski definition) is 5. The maximum absolute atomic E-state index is 12.2. The minimum absolute atomic E-state index is 0.00269. The van der Waals surface area contributed by atoms with Crippen molar-refractivity contribution >= 4 is 21.9 Å². The van der Waals surface area contributed by atoms with Gasteiger partial charge >= 0.3 is 5.97 Å². The number of carboxylic acid groups (broad SMARTS) is 1. The fraction of sp³-hybridized carbons (Fsp3) is 0.333. The van der Waals surface area contributed by atoms with Crippen LogP contribution in [0, 0.1) is 13.8 Å². The standard InChI is InChI=1S/C15H20N2O6S/c1-4-5-23-8-12(15(19)20)17-14(18)11-6-9(2)10(3)13(7-11)24(16,21)22/h4,6-7,12H,1,5,8H2,2-3H3,(H,17,18)(H,19,20)(H2,16,21,22). The predicted molar refractivity (Wildman–Crippen MR) is 87.2 cm³/mol. The summed E-state index contributed by atoms with van der Waals surface area (Å²) in [4.78, 5) is 23.2. The van der Waals surface area contributed by atoms with Crippen molar-refractivity contribution in [1.82, 2.24) is 5.32 Å². The Morgan fingerprint density at radius 2 is 2.04 bits per heavy atom. The van der Waals surface area contributed by atoms with Gasteiger partial charge in [-0.25, -0.2) is 18.4 Å². The molecule has 8 nitrogen and oxygen atoms in total. The van der Waals surface area contributed by atoms with Gasteiger partial charge in [0.15, 0.2) is 6.04 Å². The van der Waals surface area contributed by atoms with E-state index in [1.807, 2.05) is 0 Å². The SMILES string of the molecule is C=CCOCC(NC(=O)c1cc(C)c(C)c(S(N)(=O)=O)c1)C(=O)O. The molecule has 0 aromatic heterocycles. The molecule has 9 heteroatoms. The zero-order valence-electron chi connectivity index (χ0n) is 13.4. The molecule has 1 unspecified atom stereocenters. The third-order valence-corrected chi connectivity index (χ3v) is 4.35. The van der Waals surface area contributed by atoms with E-state index in [1.165, 1.54) is 12.1 Å². The average molecular weight is 356 g/mol. The zero-order valence-corrected chi connectivity index (χ0v) is 14.2.